The molecule has 10 aromatic carbocycles. The zero-order valence-electron chi connectivity index (χ0n) is 31.4. The van der Waals surface area contributed by atoms with Gasteiger partial charge in [0.2, 0.25) is 0 Å². The Hall–Kier alpha value is -7.02. The second-order valence-electron chi connectivity index (χ2n) is 16.3. The highest BCUT2D eigenvalue weighted by atomic mass is 14.4. The van der Waals surface area contributed by atoms with E-state index in [1.54, 1.807) is 0 Å². The fourth-order valence-corrected chi connectivity index (χ4v) is 10.8. The molecule has 57 heavy (non-hydrogen) atoms. The van der Waals surface area contributed by atoms with Gasteiger partial charge in [-0.3, -0.25) is 0 Å². The number of rotatable bonds is 6. The molecule has 3 aliphatic rings. The summed E-state index contributed by atoms with van der Waals surface area (Å²) in [6, 6.07) is 67.9. The van der Waals surface area contributed by atoms with Crippen molar-refractivity contribution in [3.63, 3.8) is 0 Å². The maximum absolute atomic E-state index is 2.57. The van der Waals surface area contributed by atoms with Gasteiger partial charge in [0, 0.05) is 0 Å². The van der Waals surface area contributed by atoms with Gasteiger partial charge in [0.1, 0.15) is 0 Å². The molecule has 0 aromatic heterocycles. The van der Waals surface area contributed by atoms with Crippen molar-refractivity contribution in [2.45, 2.75) is 19.3 Å². The van der Waals surface area contributed by atoms with Crippen LogP contribution in [0.3, 0.4) is 0 Å². The molecular weight excluding hydrogens is 685 g/mol. The Balaban J connectivity index is 1.03. The van der Waals surface area contributed by atoms with E-state index in [4.69, 9.17) is 0 Å². The highest BCUT2D eigenvalue weighted by Gasteiger charge is 2.35. The lowest BCUT2D eigenvalue weighted by Crippen LogP contribution is -1.92. The van der Waals surface area contributed by atoms with Crippen molar-refractivity contribution in [2.75, 3.05) is 0 Å². The van der Waals surface area contributed by atoms with Crippen LogP contribution in [-0.2, 0) is 19.3 Å². The topological polar surface area (TPSA) is 0 Å². The largest absolute Gasteiger partial charge is 0.0622 e. The van der Waals surface area contributed by atoms with E-state index in [9.17, 15) is 0 Å². The van der Waals surface area contributed by atoms with Crippen LogP contribution < -0.4 is 0 Å². The molecule has 0 atom stereocenters. The molecule has 0 unspecified atom stereocenters. The lowest BCUT2D eigenvalue weighted by Gasteiger charge is -2.15. The summed E-state index contributed by atoms with van der Waals surface area (Å²) in [5, 5.41) is 9.10. The van der Waals surface area contributed by atoms with Gasteiger partial charge in [0.05, 0.1) is 0 Å². The summed E-state index contributed by atoms with van der Waals surface area (Å²) in [5.41, 5.74) is 24.6. The summed E-state index contributed by atoms with van der Waals surface area (Å²) in [7, 11) is 0. The van der Waals surface area contributed by atoms with Crippen LogP contribution in [0.5, 0.6) is 0 Å². The van der Waals surface area contributed by atoms with Crippen molar-refractivity contribution in [2.24, 2.45) is 0 Å². The summed E-state index contributed by atoms with van der Waals surface area (Å²) in [5.74, 6) is 0. The average Bonchev–Trinajstić information content (AvgIpc) is 3.98. The molecule has 264 valence electrons. The first-order valence-electron chi connectivity index (χ1n) is 20.3. The van der Waals surface area contributed by atoms with Crippen LogP contribution in [0.25, 0.3) is 99.1 Å². The van der Waals surface area contributed by atoms with Gasteiger partial charge >= 0.3 is 0 Å². The number of hydrogen-bond acceptors (Lipinski definition) is 0. The fourth-order valence-electron chi connectivity index (χ4n) is 10.8. The minimum absolute atomic E-state index is 0.961. The molecule has 0 saturated heterocycles. The fraction of sp³-hybridized carbons (Fsp3) is 0.0526. The van der Waals surface area contributed by atoms with Crippen LogP contribution in [-0.4, -0.2) is 0 Å². The van der Waals surface area contributed by atoms with E-state index in [1.807, 2.05) is 0 Å². The van der Waals surface area contributed by atoms with Gasteiger partial charge in [-0.1, -0.05) is 164 Å². The summed E-state index contributed by atoms with van der Waals surface area (Å²) in [4.78, 5) is 0. The van der Waals surface area contributed by atoms with Crippen LogP contribution in [0, 0.1) is 0 Å². The smallest absolute Gasteiger partial charge is 0.000660 e. The van der Waals surface area contributed by atoms with E-state index in [0.29, 0.717) is 0 Å². The van der Waals surface area contributed by atoms with Gasteiger partial charge in [-0.05, 0) is 170 Å². The lowest BCUT2D eigenvalue weighted by atomic mass is 9.88. The van der Waals surface area contributed by atoms with Gasteiger partial charge in [-0.2, -0.15) is 0 Å². The molecule has 0 nitrogen and oxygen atoms in total. The summed E-state index contributed by atoms with van der Waals surface area (Å²) in [6.45, 7) is 0. The minimum atomic E-state index is 0.961. The zero-order chi connectivity index (χ0) is 37.2. The van der Waals surface area contributed by atoms with Crippen molar-refractivity contribution >= 4 is 32.3 Å². The quantitative estimate of drug-likeness (QED) is 0.150. The van der Waals surface area contributed by atoms with Crippen molar-refractivity contribution in [1.82, 2.24) is 0 Å². The summed E-state index contributed by atoms with van der Waals surface area (Å²) < 4.78 is 0. The average molecular weight is 721 g/mol. The van der Waals surface area contributed by atoms with Crippen LogP contribution in [0.2, 0.25) is 0 Å². The monoisotopic (exact) mass is 720 g/mol. The second kappa shape index (κ2) is 11.7. The first-order valence-corrected chi connectivity index (χ1v) is 20.3. The first kappa shape index (κ1) is 31.2. The Bertz CT molecular complexity index is 2890. The van der Waals surface area contributed by atoms with E-state index in [2.05, 4.69) is 182 Å². The van der Waals surface area contributed by atoms with Crippen molar-refractivity contribution in [3.8, 4) is 66.8 Å². The summed E-state index contributed by atoms with van der Waals surface area (Å²) in [6.07, 6.45) is 2.88. The Morgan fingerprint density at radius 3 is 0.702 bits per heavy atom. The lowest BCUT2D eigenvalue weighted by molar-refractivity contribution is 1.24. The van der Waals surface area contributed by atoms with E-state index in [1.165, 1.54) is 132 Å². The normalized spacial score (nSPS) is 13.1. The molecule has 0 bridgehead atoms. The SMILES string of the molecule is c1ccc(-c2ccc(-c3cc4c5c6c3Cc3cc(-c7ccc(-c8ccccc8)cc7)c7c(c36)c3c(cc(-c6ccc(-c8ccccc8)cc6)c(c53)C4)C7)cc2)cc1. The Morgan fingerprint density at radius 1 is 0.211 bits per heavy atom. The van der Waals surface area contributed by atoms with Crippen LogP contribution in [0.4, 0.5) is 0 Å². The Labute approximate surface area is 332 Å². The third-order valence-electron chi connectivity index (χ3n) is 13.3. The maximum atomic E-state index is 2.57. The molecule has 0 aliphatic heterocycles. The molecule has 0 heteroatoms. The molecule has 0 N–H and O–H groups in total. The molecule has 0 fully saturated rings. The van der Waals surface area contributed by atoms with Gasteiger partial charge in [0.15, 0.2) is 0 Å². The van der Waals surface area contributed by atoms with Gasteiger partial charge in [0.25, 0.3) is 0 Å². The van der Waals surface area contributed by atoms with Crippen LogP contribution in [0.1, 0.15) is 33.4 Å². The molecule has 0 radical (unpaired) electrons. The minimum Gasteiger partial charge on any atom is -0.0622 e. The standard InChI is InChI=1S/C57H36/c1-4-10-34(11-5-1)37-16-22-40(23-17-37)46-28-43-32-50-48(42-26-20-39(21-27-42)36-14-8-3-9-15-36)30-45-33-51-47(41-24-18-38(19-25-41)35-12-6-2-7-13-35)29-44-31-49(46)55-52(43)56(50)54(45)57(51)53(44)55/h1-30H,31-33H2. The highest BCUT2D eigenvalue weighted by molar-refractivity contribution is 6.35. The molecule has 13 rings (SSSR count). The highest BCUT2D eigenvalue weighted by Crippen LogP contribution is 2.58. The summed E-state index contributed by atoms with van der Waals surface area (Å²) >= 11 is 0. The zero-order valence-corrected chi connectivity index (χ0v) is 31.4. The van der Waals surface area contributed by atoms with Gasteiger partial charge < -0.3 is 0 Å². The molecule has 0 saturated carbocycles. The maximum Gasteiger partial charge on any atom is -0.000660 e. The predicted molar refractivity (Wildman–Crippen MR) is 240 cm³/mol. The third-order valence-corrected chi connectivity index (χ3v) is 13.3. The van der Waals surface area contributed by atoms with Crippen molar-refractivity contribution < 1.29 is 0 Å². The number of hydrogen-bond donors (Lipinski definition) is 0. The molecule has 0 heterocycles. The van der Waals surface area contributed by atoms with E-state index in [0.717, 1.165) is 19.3 Å². The van der Waals surface area contributed by atoms with Crippen molar-refractivity contribution in [3.05, 3.63) is 215 Å². The van der Waals surface area contributed by atoms with E-state index < -0.39 is 0 Å². The third kappa shape index (κ3) is 4.50. The van der Waals surface area contributed by atoms with E-state index >= 15 is 0 Å². The second-order valence-corrected chi connectivity index (χ2v) is 16.3. The van der Waals surface area contributed by atoms with E-state index in [-0.39, 0.29) is 0 Å². The molecular formula is C57H36. The van der Waals surface area contributed by atoms with Crippen LogP contribution >= 0.6 is 0 Å². The molecule has 3 aliphatic carbocycles. The van der Waals surface area contributed by atoms with Crippen LogP contribution in [0.15, 0.2) is 182 Å². The first-order chi connectivity index (χ1) is 28.2. The molecule has 10 aromatic rings. The predicted octanol–water partition coefficient (Wildman–Crippen LogP) is 14.9. The van der Waals surface area contributed by atoms with Crippen molar-refractivity contribution in [1.29, 1.82) is 0 Å². The Morgan fingerprint density at radius 2 is 0.439 bits per heavy atom. The Kier molecular flexibility index (Phi) is 6.43. The van der Waals surface area contributed by atoms with Gasteiger partial charge in [-0.15, -0.1) is 0 Å². The van der Waals surface area contributed by atoms with Gasteiger partial charge in [-0.25, -0.2) is 0 Å². The molecule has 0 amide bonds. The molecule has 0 spiro atoms. The number of benzene rings is 10.